The lowest BCUT2D eigenvalue weighted by Crippen LogP contribution is -2.07. The van der Waals surface area contributed by atoms with Crippen molar-refractivity contribution in [3.8, 4) is 6.01 Å². The number of hydrogen-bond acceptors (Lipinski definition) is 4. The molecule has 12 heavy (non-hydrogen) atoms. The molecule has 0 aliphatic carbocycles. The van der Waals surface area contributed by atoms with E-state index in [1.165, 1.54) is 0 Å². The quantitative estimate of drug-likeness (QED) is 0.664. The van der Waals surface area contributed by atoms with Crippen LogP contribution in [0.4, 0.5) is 0 Å². The molecule has 0 aromatic carbocycles. The Morgan fingerprint density at radius 1 is 1.42 bits per heavy atom. The zero-order chi connectivity index (χ0) is 8.81. The number of nitrogens with zero attached hydrogens (tertiary/aromatic N) is 2. The van der Waals surface area contributed by atoms with E-state index in [-0.39, 0.29) is 0 Å². The normalized spacial score (nSPS) is 9.83. The van der Waals surface area contributed by atoms with Crippen LogP contribution in [0.1, 0.15) is 12.0 Å². The van der Waals surface area contributed by atoms with E-state index in [4.69, 9.17) is 10.5 Å². The Morgan fingerprint density at radius 2 is 2.08 bits per heavy atom. The number of ether oxygens (including phenoxy) is 1. The van der Waals surface area contributed by atoms with E-state index in [0.717, 1.165) is 12.0 Å². The second-order valence-corrected chi connectivity index (χ2v) is 2.53. The summed E-state index contributed by atoms with van der Waals surface area (Å²) in [5.74, 6) is 0. The van der Waals surface area contributed by atoms with E-state index in [2.05, 4.69) is 9.97 Å². The van der Waals surface area contributed by atoms with Gasteiger partial charge < -0.3 is 10.5 Å². The van der Waals surface area contributed by atoms with Gasteiger partial charge in [-0.25, -0.2) is 9.97 Å². The fraction of sp³-hybridized carbons (Fsp3) is 0.500. The van der Waals surface area contributed by atoms with E-state index >= 15 is 0 Å². The van der Waals surface area contributed by atoms with Crippen molar-refractivity contribution < 1.29 is 4.74 Å². The number of aryl methyl sites for hydroxylation is 1. The van der Waals surface area contributed by atoms with Crippen molar-refractivity contribution in [1.29, 1.82) is 0 Å². The van der Waals surface area contributed by atoms with Gasteiger partial charge in [0, 0.05) is 12.4 Å². The maximum absolute atomic E-state index is 5.30. The van der Waals surface area contributed by atoms with Crippen LogP contribution in [0.2, 0.25) is 0 Å². The van der Waals surface area contributed by atoms with Crippen LogP contribution in [0.25, 0.3) is 0 Å². The summed E-state index contributed by atoms with van der Waals surface area (Å²) in [5.41, 5.74) is 6.32. The molecule has 0 spiro atoms. The monoisotopic (exact) mass is 167 g/mol. The fourth-order valence-corrected chi connectivity index (χ4v) is 0.702. The average molecular weight is 167 g/mol. The van der Waals surface area contributed by atoms with Gasteiger partial charge in [-0.3, -0.25) is 0 Å². The van der Waals surface area contributed by atoms with Gasteiger partial charge in [0.1, 0.15) is 0 Å². The Morgan fingerprint density at radius 3 is 2.67 bits per heavy atom. The summed E-state index contributed by atoms with van der Waals surface area (Å²) in [6.07, 6.45) is 4.28. The molecule has 0 amide bonds. The number of aromatic nitrogens is 2. The first-order valence-corrected chi connectivity index (χ1v) is 3.94. The Balaban J connectivity index is 2.37. The lowest BCUT2D eigenvalue weighted by molar-refractivity contribution is 0.288. The van der Waals surface area contributed by atoms with E-state index in [0.29, 0.717) is 19.2 Å². The molecule has 66 valence electrons. The highest BCUT2D eigenvalue weighted by atomic mass is 16.5. The van der Waals surface area contributed by atoms with Gasteiger partial charge in [-0.1, -0.05) is 0 Å². The number of rotatable bonds is 4. The van der Waals surface area contributed by atoms with Crippen molar-refractivity contribution in [2.45, 2.75) is 13.3 Å². The Kier molecular flexibility index (Phi) is 3.47. The predicted octanol–water partition coefficient (Wildman–Crippen LogP) is 0.513. The van der Waals surface area contributed by atoms with Crippen molar-refractivity contribution in [3.05, 3.63) is 18.0 Å². The van der Waals surface area contributed by atoms with Crippen LogP contribution in [-0.2, 0) is 0 Å². The smallest absolute Gasteiger partial charge is 0.316 e. The van der Waals surface area contributed by atoms with Crippen molar-refractivity contribution >= 4 is 0 Å². The molecular formula is C8H13N3O. The van der Waals surface area contributed by atoms with Gasteiger partial charge in [-0.15, -0.1) is 0 Å². The second kappa shape index (κ2) is 4.66. The van der Waals surface area contributed by atoms with Crippen molar-refractivity contribution in [3.63, 3.8) is 0 Å². The number of nitrogens with two attached hydrogens (primary N) is 1. The van der Waals surface area contributed by atoms with E-state index in [9.17, 15) is 0 Å². The first kappa shape index (κ1) is 8.93. The zero-order valence-electron chi connectivity index (χ0n) is 7.16. The lowest BCUT2D eigenvalue weighted by Gasteiger charge is -2.01. The summed E-state index contributed by atoms with van der Waals surface area (Å²) < 4.78 is 5.20. The molecule has 4 heteroatoms. The van der Waals surface area contributed by atoms with Gasteiger partial charge in [-0.2, -0.15) is 0 Å². The first-order valence-electron chi connectivity index (χ1n) is 3.94. The minimum absolute atomic E-state index is 0.425. The summed E-state index contributed by atoms with van der Waals surface area (Å²) in [4.78, 5) is 7.95. The SMILES string of the molecule is Cc1cnc(OCCCN)nc1. The molecule has 0 aliphatic heterocycles. The molecule has 0 aliphatic rings. The van der Waals surface area contributed by atoms with Crippen LogP contribution >= 0.6 is 0 Å². The van der Waals surface area contributed by atoms with E-state index < -0.39 is 0 Å². The third-order valence-electron chi connectivity index (χ3n) is 1.34. The number of hydrogen-bond donors (Lipinski definition) is 1. The van der Waals surface area contributed by atoms with Crippen LogP contribution in [0.15, 0.2) is 12.4 Å². The molecule has 2 N–H and O–H groups in total. The van der Waals surface area contributed by atoms with Crippen LogP contribution in [0.3, 0.4) is 0 Å². The topological polar surface area (TPSA) is 61.0 Å². The summed E-state index contributed by atoms with van der Waals surface area (Å²) >= 11 is 0. The predicted molar refractivity (Wildman–Crippen MR) is 45.9 cm³/mol. The molecule has 1 heterocycles. The van der Waals surface area contributed by atoms with Crippen LogP contribution in [0, 0.1) is 6.92 Å². The standard InChI is InChI=1S/C8H13N3O/c1-7-5-10-8(11-6-7)12-4-2-3-9/h5-6H,2-4,9H2,1H3. The van der Waals surface area contributed by atoms with Crippen molar-refractivity contribution in [2.75, 3.05) is 13.2 Å². The van der Waals surface area contributed by atoms with Gasteiger partial charge in [0.2, 0.25) is 0 Å². The molecule has 0 unspecified atom stereocenters. The Labute approximate surface area is 71.8 Å². The Bertz CT molecular complexity index is 222. The highest BCUT2D eigenvalue weighted by Crippen LogP contribution is 2.00. The fourth-order valence-electron chi connectivity index (χ4n) is 0.702. The largest absolute Gasteiger partial charge is 0.463 e. The molecule has 0 atom stereocenters. The molecule has 0 radical (unpaired) electrons. The Hall–Kier alpha value is -1.16. The molecule has 0 saturated heterocycles. The third-order valence-corrected chi connectivity index (χ3v) is 1.34. The summed E-state index contributed by atoms with van der Waals surface area (Å²) in [5, 5.41) is 0. The molecule has 0 bridgehead atoms. The van der Waals surface area contributed by atoms with Crippen LogP contribution < -0.4 is 10.5 Å². The molecule has 0 saturated carbocycles. The minimum atomic E-state index is 0.425. The van der Waals surface area contributed by atoms with Gasteiger partial charge in [0.15, 0.2) is 0 Å². The summed E-state index contributed by atoms with van der Waals surface area (Å²) in [7, 11) is 0. The maximum Gasteiger partial charge on any atom is 0.316 e. The maximum atomic E-state index is 5.30. The van der Waals surface area contributed by atoms with Gasteiger partial charge >= 0.3 is 6.01 Å². The molecule has 0 fully saturated rings. The van der Waals surface area contributed by atoms with Crippen LogP contribution in [-0.4, -0.2) is 23.1 Å². The van der Waals surface area contributed by atoms with E-state index in [1.807, 2.05) is 6.92 Å². The molecule has 1 aromatic heterocycles. The molecular weight excluding hydrogens is 154 g/mol. The van der Waals surface area contributed by atoms with Gasteiger partial charge in [0.25, 0.3) is 0 Å². The molecule has 4 nitrogen and oxygen atoms in total. The van der Waals surface area contributed by atoms with Crippen molar-refractivity contribution in [2.24, 2.45) is 5.73 Å². The molecule has 1 rings (SSSR count). The van der Waals surface area contributed by atoms with Gasteiger partial charge in [0.05, 0.1) is 6.61 Å². The van der Waals surface area contributed by atoms with Crippen molar-refractivity contribution in [1.82, 2.24) is 9.97 Å². The second-order valence-electron chi connectivity index (χ2n) is 2.53. The average Bonchev–Trinajstić information content (AvgIpc) is 2.09. The third kappa shape index (κ3) is 2.84. The highest BCUT2D eigenvalue weighted by Gasteiger charge is 1.94. The first-order chi connectivity index (χ1) is 5.83. The summed E-state index contributed by atoms with van der Waals surface area (Å²) in [6.45, 7) is 3.15. The lowest BCUT2D eigenvalue weighted by atomic mass is 10.4. The van der Waals surface area contributed by atoms with Gasteiger partial charge in [-0.05, 0) is 25.5 Å². The summed E-state index contributed by atoms with van der Waals surface area (Å²) in [6, 6.07) is 0.425. The van der Waals surface area contributed by atoms with E-state index in [1.54, 1.807) is 12.4 Å². The van der Waals surface area contributed by atoms with Crippen LogP contribution in [0.5, 0.6) is 6.01 Å². The highest BCUT2D eigenvalue weighted by molar-refractivity contribution is 5.04. The minimum Gasteiger partial charge on any atom is -0.463 e. The zero-order valence-corrected chi connectivity index (χ0v) is 7.16. The molecule has 1 aromatic rings.